The van der Waals surface area contributed by atoms with E-state index in [1.54, 1.807) is 24.8 Å². The first-order valence-electron chi connectivity index (χ1n) is 11.3. The molecule has 0 unspecified atom stereocenters. The van der Waals surface area contributed by atoms with Crippen molar-refractivity contribution >= 4 is 46.4 Å². The van der Waals surface area contributed by atoms with Crippen LogP contribution in [0, 0.1) is 11.2 Å². The molecule has 3 saturated heterocycles. The van der Waals surface area contributed by atoms with Gasteiger partial charge in [-0.25, -0.2) is 14.0 Å². The number of nitrogens with zero attached hydrogens (tertiary/aromatic N) is 3. The third-order valence-electron chi connectivity index (χ3n) is 7.26. The molecule has 1 aromatic heterocycles. The lowest BCUT2D eigenvalue weighted by Crippen LogP contribution is -2.75. The van der Waals surface area contributed by atoms with Gasteiger partial charge in [0.25, 0.3) is 0 Å². The summed E-state index contributed by atoms with van der Waals surface area (Å²) >= 11 is 0. The van der Waals surface area contributed by atoms with Crippen LogP contribution < -0.4 is 20.4 Å². The van der Waals surface area contributed by atoms with Crippen molar-refractivity contribution in [2.45, 2.75) is 51.5 Å². The van der Waals surface area contributed by atoms with Crippen molar-refractivity contribution in [2.24, 2.45) is 5.41 Å². The van der Waals surface area contributed by atoms with E-state index in [1.807, 2.05) is 6.92 Å². The van der Waals surface area contributed by atoms with Crippen LogP contribution in [0.15, 0.2) is 10.6 Å². The molecule has 3 fully saturated rings. The smallest absolute Gasteiger partial charge is 0.416 e. The van der Waals surface area contributed by atoms with Gasteiger partial charge in [0.05, 0.1) is 35.4 Å². The molecule has 5 heterocycles. The van der Waals surface area contributed by atoms with Crippen LogP contribution in [0.1, 0.15) is 26.3 Å². The molecule has 4 atom stereocenters. The molecule has 35 heavy (non-hydrogen) atoms. The summed E-state index contributed by atoms with van der Waals surface area (Å²) in [5.41, 5.74) is -1.39. The number of carbonyl (C=O) groups excluding carboxylic acids is 4. The predicted octanol–water partition coefficient (Wildman–Crippen LogP) is 1.20. The van der Waals surface area contributed by atoms with Crippen LogP contribution in [-0.2, 0) is 25.5 Å². The monoisotopic (exact) mass is 487 g/mol. The Hall–Kier alpha value is -3.74. The number of benzene rings is 1. The highest BCUT2D eigenvalue weighted by atomic mass is 19.1. The Morgan fingerprint density at radius 3 is 2.51 bits per heavy atom. The van der Waals surface area contributed by atoms with Crippen molar-refractivity contribution < 1.29 is 37.6 Å². The standard InChI is InChI=1S/C22H22FN5O7/c1-8-7-33-21(32)28(8)17-12-4-11-5-22(18(29)24-20(31)25-19(22)30)16-10(3)34-9(2)6-27(16)14(11)13(23)15(12)35-26-17/h4,8-10,16H,5-7H2,1-3H3,(H2,24,25,29,30,31)/t8-,9+,10-,16+/m0/s1. The maximum atomic E-state index is 16.1. The predicted molar refractivity (Wildman–Crippen MR) is 116 cm³/mol. The number of halogens is 1. The molecule has 2 N–H and O–H groups in total. The minimum Gasteiger partial charge on any atom is -0.447 e. The molecule has 0 aliphatic carbocycles. The zero-order valence-electron chi connectivity index (χ0n) is 19.1. The van der Waals surface area contributed by atoms with Crippen LogP contribution in [0.3, 0.4) is 0 Å². The average Bonchev–Trinajstić information content (AvgIpc) is 3.33. The first-order chi connectivity index (χ1) is 16.6. The van der Waals surface area contributed by atoms with Gasteiger partial charge in [-0.1, -0.05) is 5.16 Å². The maximum absolute atomic E-state index is 16.1. The topological polar surface area (TPSA) is 143 Å². The second-order valence-electron chi connectivity index (χ2n) is 9.51. The molecule has 6 rings (SSSR count). The highest BCUT2D eigenvalue weighted by Gasteiger charge is 2.63. The summed E-state index contributed by atoms with van der Waals surface area (Å²) in [6.45, 7) is 5.60. The zero-order valence-corrected chi connectivity index (χ0v) is 19.1. The summed E-state index contributed by atoms with van der Waals surface area (Å²) in [5.74, 6) is -2.19. The molecule has 0 bridgehead atoms. The highest BCUT2D eigenvalue weighted by Crippen LogP contribution is 2.49. The van der Waals surface area contributed by atoms with Crippen molar-refractivity contribution in [3.05, 3.63) is 17.4 Å². The number of fused-ring (bicyclic) bond motifs is 5. The Labute approximate surface area is 197 Å². The van der Waals surface area contributed by atoms with Gasteiger partial charge < -0.3 is 18.9 Å². The number of anilines is 2. The van der Waals surface area contributed by atoms with Gasteiger partial charge in [-0.15, -0.1) is 0 Å². The minimum atomic E-state index is -1.75. The molecule has 0 saturated carbocycles. The Balaban J connectivity index is 1.58. The quantitative estimate of drug-likeness (QED) is 0.567. The van der Waals surface area contributed by atoms with Crippen molar-refractivity contribution in [3.63, 3.8) is 0 Å². The second-order valence-corrected chi connectivity index (χ2v) is 9.51. The number of aromatic nitrogens is 1. The molecule has 4 aliphatic heterocycles. The molecule has 2 aromatic rings. The lowest BCUT2D eigenvalue weighted by molar-refractivity contribution is -0.153. The molecule has 0 radical (unpaired) electrons. The third-order valence-corrected chi connectivity index (χ3v) is 7.26. The van der Waals surface area contributed by atoms with E-state index in [1.165, 1.54) is 4.90 Å². The molecule has 4 aliphatic rings. The first kappa shape index (κ1) is 21.8. The normalized spacial score (nSPS) is 29.7. The molecule has 13 heteroatoms. The van der Waals surface area contributed by atoms with Crippen molar-refractivity contribution in [1.29, 1.82) is 0 Å². The zero-order chi connectivity index (χ0) is 24.8. The summed E-state index contributed by atoms with van der Waals surface area (Å²) in [7, 11) is 0. The second kappa shape index (κ2) is 7.13. The van der Waals surface area contributed by atoms with E-state index >= 15 is 4.39 Å². The Kier molecular flexibility index (Phi) is 4.44. The molecule has 12 nitrogen and oxygen atoms in total. The summed E-state index contributed by atoms with van der Waals surface area (Å²) in [5, 5.41) is 8.55. The number of morpholine rings is 1. The number of hydrogen-bond donors (Lipinski definition) is 2. The first-order valence-corrected chi connectivity index (χ1v) is 11.3. The number of carbonyl (C=O) groups is 4. The van der Waals surface area contributed by atoms with Gasteiger partial charge in [0.1, 0.15) is 6.61 Å². The van der Waals surface area contributed by atoms with Gasteiger partial charge in [0.15, 0.2) is 17.1 Å². The van der Waals surface area contributed by atoms with E-state index in [2.05, 4.69) is 15.8 Å². The SMILES string of the molecule is C[C@@H]1CN2c3c(cc4c(N5C(=O)OC[C@@H]5C)noc4c3F)CC3(C(=O)NC(=O)NC3=O)[C@H]2[C@H](C)O1. The number of ether oxygens (including phenoxy) is 2. The molecular formula is C22H22FN5O7. The molecule has 1 aromatic carbocycles. The van der Waals surface area contributed by atoms with Gasteiger partial charge >= 0.3 is 12.1 Å². The Bertz CT molecular complexity index is 1300. The van der Waals surface area contributed by atoms with Gasteiger partial charge in [0, 0.05) is 13.0 Å². The van der Waals surface area contributed by atoms with E-state index in [0.29, 0.717) is 5.56 Å². The van der Waals surface area contributed by atoms with Crippen LogP contribution in [-0.4, -0.2) is 66.5 Å². The third kappa shape index (κ3) is 2.78. The lowest BCUT2D eigenvalue weighted by Gasteiger charge is -2.55. The van der Waals surface area contributed by atoms with Gasteiger partial charge in [-0.2, -0.15) is 0 Å². The number of imide groups is 2. The van der Waals surface area contributed by atoms with Crippen molar-refractivity contribution in [2.75, 3.05) is 23.0 Å². The number of cyclic esters (lactones) is 1. The van der Waals surface area contributed by atoms with Gasteiger partial charge in [0.2, 0.25) is 17.4 Å². The fraction of sp³-hybridized carbons (Fsp3) is 0.500. The number of rotatable bonds is 1. The van der Waals surface area contributed by atoms with Crippen molar-refractivity contribution in [3.8, 4) is 0 Å². The minimum absolute atomic E-state index is 0.0873. The number of urea groups is 1. The highest BCUT2D eigenvalue weighted by molar-refractivity contribution is 6.20. The van der Waals surface area contributed by atoms with Crippen LogP contribution in [0.5, 0.6) is 0 Å². The summed E-state index contributed by atoms with van der Waals surface area (Å²) in [6, 6.07) is -0.572. The molecule has 5 amide bonds. The number of barbiturate groups is 1. The van der Waals surface area contributed by atoms with Gasteiger partial charge in [-0.3, -0.25) is 25.1 Å². The lowest BCUT2D eigenvalue weighted by atomic mass is 9.66. The molecular weight excluding hydrogens is 465 g/mol. The summed E-state index contributed by atoms with van der Waals surface area (Å²) in [4.78, 5) is 53.6. The molecule has 1 spiro atoms. The van der Waals surface area contributed by atoms with Crippen LogP contribution >= 0.6 is 0 Å². The molecule has 184 valence electrons. The fourth-order valence-corrected chi connectivity index (χ4v) is 5.92. The van der Waals surface area contributed by atoms with Crippen LogP contribution in [0.25, 0.3) is 11.0 Å². The average molecular weight is 487 g/mol. The van der Waals surface area contributed by atoms with Crippen molar-refractivity contribution in [1.82, 2.24) is 15.8 Å². The van der Waals surface area contributed by atoms with E-state index in [-0.39, 0.29) is 54.2 Å². The van der Waals surface area contributed by atoms with Crippen LogP contribution in [0.4, 0.5) is 25.5 Å². The van der Waals surface area contributed by atoms with E-state index in [0.717, 1.165) is 0 Å². The number of hydrogen-bond acceptors (Lipinski definition) is 9. The number of amides is 5. The largest absolute Gasteiger partial charge is 0.447 e. The van der Waals surface area contributed by atoms with E-state index < -0.39 is 47.3 Å². The number of nitrogens with one attached hydrogen (secondary N) is 2. The Morgan fingerprint density at radius 1 is 1.14 bits per heavy atom. The maximum Gasteiger partial charge on any atom is 0.416 e. The summed E-state index contributed by atoms with van der Waals surface area (Å²) in [6.07, 6.45) is -1.81. The Morgan fingerprint density at radius 2 is 1.86 bits per heavy atom. The van der Waals surface area contributed by atoms with Crippen LogP contribution in [0.2, 0.25) is 0 Å². The fourth-order valence-electron chi connectivity index (χ4n) is 5.92. The summed E-state index contributed by atoms with van der Waals surface area (Å²) < 4.78 is 32.4. The van der Waals surface area contributed by atoms with E-state index in [9.17, 15) is 19.2 Å². The van der Waals surface area contributed by atoms with Gasteiger partial charge in [-0.05, 0) is 32.4 Å². The van der Waals surface area contributed by atoms with E-state index in [4.69, 9.17) is 14.0 Å².